The summed E-state index contributed by atoms with van der Waals surface area (Å²) in [5, 5.41) is 20.3. The van der Waals surface area contributed by atoms with Gasteiger partial charge >= 0.3 is 0 Å². The maximum Gasteiger partial charge on any atom is 0.278 e. The van der Waals surface area contributed by atoms with Crippen LogP contribution in [0.4, 0.5) is 11.4 Å². The molecule has 1 aliphatic heterocycles. The molecule has 3 aromatic rings. The van der Waals surface area contributed by atoms with Crippen molar-refractivity contribution in [1.29, 1.82) is 0 Å². The Morgan fingerprint density at radius 2 is 2.14 bits per heavy atom. The predicted octanol–water partition coefficient (Wildman–Crippen LogP) is 2.87. The number of nitro benzene ring substituents is 1. The van der Waals surface area contributed by atoms with Crippen LogP contribution in [0.25, 0.3) is 11.3 Å². The summed E-state index contributed by atoms with van der Waals surface area (Å²) in [4.78, 5) is 27.2. The summed E-state index contributed by atoms with van der Waals surface area (Å²) in [5.41, 5.74) is 2.45. The zero-order valence-electron chi connectivity index (χ0n) is 15.2. The topological polar surface area (TPSA) is 111 Å². The van der Waals surface area contributed by atoms with Crippen molar-refractivity contribution in [1.82, 2.24) is 4.68 Å². The van der Waals surface area contributed by atoms with Gasteiger partial charge in [0.05, 0.1) is 28.1 Å². The largest absolute Gasteiger partial charge is 0.482 e. The molecule has 1 aliphatic rings. The summed E-state index contributed by atoms with van der Waals surface area (Å²) < 4.78 is 7.00. The zero-order chi connectivity index (χ0) is 20.4. The number of para-hydroxylation sites is 1. The number of benzene rings is 2. The molecular weight excluding hydrogens is 394 g/mol. The lowest BCUT2D eigenvalue weighted by atomic mass is 10.1. The monoisotopic (exact) mass is 409 g/mol. The van der Waals surface area contributed by atoms with E-state index >= 15 is 0 Å². The van der Waals surface area contributed by atoms with Crippen molar-refractivity contribution in [2.75, 3.05) is 19.0 Å². The number of thiazole rings is 1. The summed E-state index contributed by atoms with van der Waals surface area (Å²) in [6.07, 6.45) is 1.44. The number of fused-ring (bicyclic) bond motifs is 1. The second-order valence-electron chi connectivity index (χ2n) is 6.05. The van der Waals surface area contributed by atoms with E-state index < -0.39 is 4.92 Å². The Morgan fingerprint density at radius 3 is 2.93 bits per heavy atom. The maximum absolute atomic E-state index is 11.6. The number of nitro groups is 1. The quantitative estimate of drug-likeness (QED) is 0.406. The van der Waals surface area contributed by atoms with Gasteiger partial charge in [0.25, 0.3) is 11.6 Å². The van der Waals surface area contributed by atoms with E-state index in [1.807, 2.05) is 11.4 Å². The Morgan fingerprint density at radius 1 is 1.31 bits per heavy atom. The molecule has 0 atom stereocenters. The van der Waals surface area contributed by atoms with Crippen LogP contribution in [0.15, 0.2) is 57.9 Å². The van der Waals surface area contributed by atoms with Crippen molar-refractivity contribution in [3.8, 4) is 17.0 Å². The Labute approximate surface area is 168 Å². The SMILES string of the molecule is CN=c1scc(-c2ccc3c(c2)NC(=O)CO3)n1N=Cc1ccccc1[N+](=O)[O-]. The van der Waals surface area contributed by atoms with E-state index in [0.717, 1.165) is 11.3 Å². The maximum atomic E-state index is 11.6. The van der Waals surface area contributed by atoms with E-state index in [4.69, 9.17) is 4.74 Å². The first-order chi connectivity index (χ1) is 14.1. The van der Waals surface area contributed by atoms with Gasteiger partial charge in [0.2, 0.25) is 4.80 Å². The van der Waals surface area contributed by atoms with Gasteiger partial charge in [0.1, 0.15) is 5.75 Å². The number of carbonyl (C=O) groups is 1. The highest BCUT2D eigenvalue weighted by molar-refractivity contribution is 7.07. The first-order valence-corrected chi connectivity index (χ1v) is 9.43. The Balaban J connectivity index is 1.77. The van der Waals surface area contributed by atoms with E-state index in [-0.39, 0.29) is 18.2 Å². The molecule has 0 saturated carbocycles. The van der Waals surface area contributed by atoms with E-state index in [1.54, 1.807) is 42.1 Å². The minimum absolute atomic E-state index is 0.0101. The third-order valence-corrected chi connectivity index (χ3v) is 5.14. The fourth-order valence-corrected chi connectivity index (χ4v) is 3.69. The van der Waals surface area contributed by atoms with Crippen molar-refractivity contribution in [3.63, 3.8) is 0 Å². The normalized spacial score (nSPS) is 13.8. The van der Waals surface area contributed by atoms with Crippen molar-refractivity contribution >= 4 is 34.8 Å². The molecule has 0 saturated heterocycles. The summed E-state index contributed by atoms with van der Waals surface area (Å²) in [5.74, 6) is 0.380. The number of nitrogens with one attached hydrogen (secondary N) is 1. The molecule has 29 heavy (non-hydrogen) atoms. The van der Waals surface area contributed by atoms with Crippen LogP contribution in [0.2, 0.25) is 0 Å². The summed E-state index contributed by atoms with van der Waals surface area (Å²) in [7, 11) is 1.65. The van der Waals surface area contributed by atoms with E-state index in [0.29, 0.717) is 21.8 Å². The highest BCUT2D eigenvalue weighted by Gasteiger charge is 2.18. The minimum atomic E-state index is -0.447. The van der Waals surface area contributed by atoms with Crippen LogP contribution >= 0.6 is 11.3 Å². The predicted molar refractivity (Wildman–Crippen MR) is 109 cm³/mol. The van der Waals surface area contributed by atoms with Gasteiger partial charge < -0.3 is 10.1 Å². The molecular formula is C19H15N5O4S. The van der Waals surface area contributed by atoms with Crippen LogP contribution in [-0.4, -0.2) is 35.4 Å². The lowest BCUT2D eigenvalue weighted by Crippen LogP contribution is -2.25. The first-order valence-electron chi connectivity index (χ1n) is 8.55. The summed E-state index contributed by atoms with van der Waals surface area (Å²) in [6, 6.07) is 11.8. The molecule has 2 aromatic carbocycles. The minimum Gasteiger partial charge on any atom is -0.482 e. The molecule has 0 aliphatic carbocycles. The summed E-state index contributed by atoms with van der Waals surface area (Å²) in [6.45, 7) is -0.0101. The average molecular weight is 409 g/mol. The number of ether oxygens (including phenoxy) is 1. The van der Waals surface area contributed by atoms with Crippen LogP contribution < -0.4 is 14.9 Å². The van der Waals surface area contributed by atoms with Gasteiger partial charge in [-0.1, -0.05) is 12.1 Å². The first kappa shape index (κ1) is 18.6. The number of aromatic nitrogens is 1. The molecule has 9 nitrogen and oxygen atoms in total. The Hall–Kier alpha value is -3.79. The molecule has 0 bridgehead atoms. The van der Waals surface area contributed by atoms with E-state index in [1.165, 1.54) is 23.6 Å². The Bertz CT molecular complexity index is 1210. The molecule has 2 heterocycles. The van der Waals surface area contributed by atoms with Crippen molar-refractivity contribution in [2.45, 2.75) is 0 Å². The fraction of sp³-hybridized carbons (Fsp3) is 0.105. The molecule has 4 rings (SSSR count). The second kappa shape index (κ2) is 7.68. The van der Waals surface area contributed by atoms with Gasteiger partial charge in [-0.3, -0.25) is 19.9 Å². The Kier molecular flexibility index (Phi) is 4.92. The number of hydrogen-bond acceptors (Lipinski definition) is 7. The fourth-order valence-electron chi connectivity index (χ4n) is 2.89. The van der Waals surface area contributed by atoms with Gasteiger partial charge in [-0.05, 0) is 24.3 Å². The van der Waals surface area contributed by atoms with Crippen LogP contribution in [0.5, 0.6) is 5.75 Å². The number of rotatable bonds is 4. The number of hydrogen-bond donors (Lipinski definition) is 1. The van der Waals surface area contributed by atoms with Crippen molar-refractivity contribution < 1.29 is 14.5 Å². The molecule has 1 N–H and O–H groups in total. The zero-order valence-corrected chi connectivity index (χ0v) is 16.0. The molecule has 146 valence electrons. The third kappa shape index (κ3) is 3.65. The summed E-state index contributed by atoms with van der Waals surface area (Å²) >= 11 is 1.38. The molecule has 0 radical (unpaired) electrons. The van der Waals surface area contributed by atoms with Crippen LogP contribution in [0.1, 0.15) is 5.56 Å². The van der Waals surface area contributed by atoms with E-state index in [2.05, 4.69) is 15.4 Å². The lowest BCUT2D eigenvalue weighted by Gasteiger charge is -2.18. The van der Waals surface area contributed by atoms with Crippen LogP contribution in [0, 0.1) is 10.1 Å². The molecule has 10 heteroatoms. The number of amides is 1. The molecule has 0 fully saturated rings. The van der Waals surface area contributed by atoms with Crippen molar-refractivity contribution in [2.24, 2.45) is 10.1 Å². The second-order valence-corrected chi connectivity index (χ2v) is 6.88. The van der Waals surface area contributed by atoms with Gasteiger partial charge in [-0.15, -0.1) is 11.3 Å². The third-order valence-electron chi connectivity index (χ3n) is 4.23. The van der Waals surface area contributed by atoms with Crippen molar-refractivity contribution in [3.05, 3.63) is 68.3 Å². The molecule has 1 amide bonds. The standard InChI is InChI=1S/C19H15N5O4S/c1-20-19-23(21-9-13-4-2-3-5-15(13)24(26)27)16(11-29-19)12-6-7-17-14(8-12)22-18(25)10-28-17/h2-9,11H,10H2,1H3,(H,22,25). The highest BCUT2D eigenvalue weighted by Crippen LogP contribution is 2.32. The average Bonchev–Trinajstić information content (AvgIpc) is 3.14. The number of nitrogens with zero attached hydrogens (tertiary/aromatic N) is 4. The van der Waals surface area contributed by atoms with Crippen LogP contribution in [-0.2, 0) is 4.79 Å². The molecule has 0 unspecified atom stereocenters. The highest BCUT2D eigenvalue weighted by atomic mass is 32.1. The van der Waals surface area contributed by atoms with Gasteiger partial charge in [-0.2, -0.15) is 5.10 Å². The molecule has 1 aromatic heterocycles. The number of anilines is 1. The lowest BCUT2D eigenvalue weighted by molar-refractivity contribution is -0.385. The van der Waals surface area contributed by atoms with Gasteiger partial charge in [-0.25, -0.2) is 4.68 Å². The van der Waals surface area contributed by atoms with E-state index in [9.17, 15) is 14.9 Å². The number of carbonyl (C=O) groups excluding carboxylic acids is 1. The van der Waals surface area contributed by atoms with Gasteiger partial charge in [0.15, 0.2) is 6.61 Å². The molecule has 0 spiro atoms. The van der Waals surface area contributed by atoms with Crippen LogP contribution in [0.3, 0.4) is 0 Å². The smallest absolute Gasteiger partial charge is 0.278 e. The van der Waals surface area contributed by atoms with Gasteiger partial charge in [0, 0.05) is 24.1 Å².